The number of ether oxygens (including phenoxy) is 2. The van der Waals surface area contributed by atoms with Gasteiger partial charge in [-0.15, -0.1) is 0 Å². The highest BCUT2D eigenvalue weighted by Crippen LogP contribution is 2.16. The fourth-order valence-corrected chi connectivity index (χ4v) is 1.62. The predicted molar refractivity (Wildman–Crippen MR) is 56.2 cm³/mol. The Kier molecular flexibility index (Phi) is 5.51. The molecule has 1 heterocycles. The van der Waals surface area contributed by atoms with Crippen LogP contribution in [0.1, 0.15) is 26.2 Å². The van der Waals surface area contributed by atoms with E-state index in [0.29, 0.717) is 6.61 Å². The molecule has 3 atom stereocenters. The normalized spacial score (nSPS) is 24.8. The molecule has 0 bridgehead atoms. The lowest BCUT2D eigenvalue weighted by Crippen LogP contribution is -2.46. The number of carboxylic acid groups (broad SMARTS) is 1. The molecule has 0 aromatic carbocycles. The summed E-state index contributed by atoms with van der Waals surface area (Å²) in [6.45, 7) is 2.10. The Morgan fingerprint density at radius 3 is 2.88 bits per heavy atom. The zero-order valence-electron chi connectivity index (χ0n) is 9.39. The second-order valence-electron chi connectivity index (χ2n) is 3.88. The van der Waals surface area contributed by atoms with Crippen LogP contribution < -0.4 is 5.32 Å². The number of hydrogen-bond acceptors (Lipinski definition) is 4. The molecule has 1 aliphatic rings. The van der Waals surface area contributed by atoms with Crippen LogP contribution in [0.4, 0.5) is 4.79 Å². The minimum Gasteiger partial charge on any atom is -0.465 e. The van der Waals surface area contributed by atoms with Crippen LogP contribution in [0.5, 0.6) is 0 Å². The first-order valence-corrected chi connectivity index (χ1v) is 5.51. The number of aliphatic hydroxyl groups excluding tert-OH is 1. The van der Waals surface area contributed by atoms with E-state index in [0.717, 1.165) is 19.3 Å². The first-order valence-electron chi connectivity index (χ1n) is 5.51. The van der Waals surface area contributed by atoms with Crippen LogP contribution in [0.2, 0.25) is 0 Å². The summed E-state index contributed by atoms with van der Waals surface area (Å²) in [6.07, 6.45) is 1.03. The fourth-order valence-electron chi connectivity index (χ4n) is 1.62. The predicted octanol–water partition coefficient (Wildman–Crippen LogP) is 0.547. The SMILES string of the molecule is CC(OC1CCCCO1)C(CO)NC(=O)O. The second kappa shape index (κ2) is 6.67. The van der Waals surface area contributed by atoms with Crippen molar-refractivity contribution in [2.75, 3.05) is 13.2 Å². The lowest BCUT2D eigenvalue weighted by molar-refractivity contribution is -0.191. The number of amides is 1. The van der Waals surface area contributed by atoms with Gasteiger partial charge in [-0.2, -0.15) is 0 Å². The molecular formula is C10H19NO5. The van der Waals surface area contributed by atoms with Crippen molar-refractivity contribution in [1.29, 1.82) is 0 Å². The summed E-state index contributed by atoms with van der Waals surface area (Å²) in [4.78, 5) is 10.5. The van der Waals surface area contributed by atoms with Gasteiger partial charge in [-0.3, -0.25) is 0 Å². The summed E-state index contributed by atoms with van der Waals surface area (Å²) in [7, 11) is 0. The first-order chi connectivity index (χ1) is 7.63. The molecule has 0 radical (unpaired) electrons. The van der Waals surface area contributed by atoms with Crippen LogP contribution >= 0.6 is 0 Å². The monoisotopic (exact) mass is 233 g/mol. The van der Waals surface area contributed by atoms with Gasteiger partial charge in [0.25, 0.3) is 0 Å². The fraction of sp³-hybridized carbons (Fsp3) is 0.900. The highest BCUT2D eigenvalue weighted by molar-refractivity contribution is 5.64. The van der Waals surface area contributed by atoms with Gasteiger partial charge in [0.1, 0.15) is 0 Å². The summed E-state index contributed by atoms with van der Waals surface area (Å²) in [5, 5.41) is 19.8. The van der Waals surface area contributed by atoms with Gasteiger partial charge in [-0.25, -0.2) is 4.79 Å². The third-order valence-electron chi connectivity index (χ3n) is 2.58. The zero-order valence-corrected chi connectivity index (χ0v) is 9.39. The standard InChI is InChI=1S/C10H19NO5/c1-7(8(6-12)11-10(13)14)16-9-4-2-3-5-15-9/h7-9,11-12H,2-6H2,1H3,(H,13,14). The van der Waals surface area contributed by atoms with Gasteiger partial charge in [-0.05, 0) is 26.2 Å². The van der Waals surface area contributed by atoms with Crippen molar-refractivity contribution >= 4 is 6.09 Å². The molecule has 0 saturated carbocycles. The number of aliphatic hydroxyl groups is 1. The molecule has 94 valence electrons. The molecule has 1 aliphatic heterocycles. The van der Waals surface area contributed by atoms with E-state index in [9.17, 15) is 4.79 Å². The average Bonchev–Trinajstić information content (AvgIpc) is 2.26. The van der Waals surface area contributed by atoms with E-state index in [1.807, 2.05) is 0 Å². The largest absolute Gasteiger partial charge is 0.465 e. The lowest BCUT2D eigenvalue weighted by Gasteiger charge is -2.29. The maximum atomic E-state index is 10.5. The van der Waals surface area contributed by atoms with Gasteiger partial charge < -0.3 is 25.0 Å². The van der Waals surface area contributed by atoms with Gasteiger partial charge in [-0.1, -0.05) is 0 Å². The van der Waals surface area contributed by atoms with Crippen molar-refractivity contribution < 1.29 is 24.5 Å². The zero-order chi connectivity index (χ0) is 12.0. The van der Waals surface area contributed by atoms with Crippen LogP contribution in [0.3, 0.4) is 0 Å². The molecule has 1 rings (SSSR count). The molecule has 3 unspecified atom stereocenters. The quantitative estimate of drug-likeness (QED) is 0.645. The van der Waals surface area contributed by atoms with Crippen LogP contribution in [0.15, 0.2) is 0 Å². The number of nitrogens with one attached hydrogen (secondary N) is 1. The summed E-state index contributed by atoms with van der Waals surface area (Å²) >= 11 is 0. The number of rotatable bonds is 5. The van der Waals surface area contributed by atoms with Gasteiger partial charge in [0.05, 0.1) is 18.8 Å². The Hall–Kier alpha value is -0.850. The van der Waals surface area contributed by atoms with Crippen molar-refractivity contribution in [1.82, 2.24) is 5.32 Å². The molecule has 0 aromatic rings. The Bertz CT molecular complexity index is 217. The van der Waals surface area contributed by atoms with Crippen molar-refractivity contribution in [2.45, 2.75) is 44.6 Å². The summed E-state index contributed by atoms with van der Waals surface area (Å²) in [6, 6.07) is -0.622. The van der Waals surface area contributed by atoms with Crippen molar-refractivity contribution in [3.05, 3.63) is 0 Å². The molecule has 16 heavy (non-hydrogen) atoms. The number of hydrogen-bond donors (Lipinski definition) is 3. The van der Waals surface area contributed by atoms with Crippen molar-refractivity contribution in [2.24, 2.45) is 0 Å². The highest BCUT2D eigenvalue weighted by atomic mass is 16.7. The van der Waals surface area contributed by atoms with Gasteiger partial charge >= 0.3 is 6.09 Å². The Morgan fingerprint density at radius 1 is 1.62 bits per heavy atom. The average molecular weight is 233 g/mol. The third kappa shape index (κ3) is 4.34. The van der Waals surface area contributed by atoms with E-state index in [-0.39, 0.29) is 12.9 Å². The van der Waals surface area contributed by atoms with E-state index in [1.54, 1.807) is 6.92 Å². The molecule has 6 nitrogen and oxygen atoms in total. The van der Waals surface area contributed by atoms with Crippen LogP contribution in [-0.2, 0) is 9.47 Å². The smallest absolute Gasteiger partial charge is 0.405 e. The Morgan fingerprint density at radius 2 is 2.38 bits per heavy atom. The van der Waals surface area contributed by atoms with E-state index >= 15 is 0 Å². The lowest BCUT2D eigenvalue weighted by atomic mass is 10.1. The third-order valence-corrected chi connectivity index (χ3v) is 2.58. The first kappa shape index (κ1) is 13.2. The van der Waals surface area contributed by atoms with E-state index in [4.69, 9.17) is 19.7 Å². The van der Waals surface area contributed by atoms with Crippen LogP contribution in [-0.4, -0.2) is 48.0 Å². The minimum atomic E-state index is -1.17. The maximum absolute atomic E-state index is 10.5. The van der Waals surface area contributed by atoms with Crippen molar-refractivity contribution in [3.8, 4) is 0 Å². The topological polar surface area (TPSA) is 88.0 Å². The summed E-state index contributed by atoms with van der Waals surface area (Å²) in [5.41, 5.74) is 0. The second-order valence-corrected chi connectivity index (χ2v) is 3.88. The van der Waals surface area contributed by atoms with Crippen LogP contribution in [0.25, 0.3) is 0 Å². The van der Waals surface area contributed by atoms with Crippen LogP contribution in [0, 0.1) is 0 Å². The summed E-state index contributed by atoms with van der Waals surface area (Å²) in [5.74, 6) is 0. The molecule has 1 amide bonds. The number of carbonyl (C=O) groups is 1. The van der Waals surface area contributed by atoms with E-state index in [2.05, 4.69) is 5.32 Å². The molecule has 0 spiro atoms. The van der Waals surface area contributed by atoms with E-state index < -0.39 is 18.2 Å². The molecule has 6 heteroatoms. The Labute approximate surface area is 94.5 Å². The van der Waals surface area contributed by atoms with Crippen molar-refractivity contribution in [3.63, 3.8) is 0 Å². The highest BCUT2D eigenvalue weighted by Gasteiger charge is 2.24. The molecule has 3 N–H and O–H groups in total. The molecule has 1 fully saturated rings. The van der Waals surface area contributed by atoms with Gasteiger partial charge in [0.2, 0.25) is 0 Å². The van der Waals surface area contributed by atoms with Gasteiger partial charge in [0.15, 0.2) is 6.29 Å². The Balaban J connectivity index is 2.35. The minimum absolute atomic E-state index is 0.284. The maximum Gasteiger partial charge on any atom is 0.405 e. The summed E-state index contributed by atoms with van der Waals surface area (Å²) < 4.78 is 10.9. The molecule has 0 aromatic heterocycles. The molecular weight excluding hydrogens is 214 g/mol. The molecule has 0 aliphatic carbocycles. The van der Waals surface area contributed by atoms with E-state index in [1.165, 1.54) is 0 Å². The van der Waals surface area contributed by atoms with Gasteiger partial charge in [0, 0.05) is 6.61 Å². The molecule has 1 saturated heterocycles.